The van der Waals surface area contributed by atoms with Crippen LogP contribution in [0.1, 0.15) is 12.6 Å². The Balaban J connectivity index is 2.18. The molecule has 108 valence electrons. The summed E-state index contributed by atoms with van der Waals surface area (Å²) in [5.41, 5.74) is 3.18. The molecule has 0 radical (unpaired) electrons. The monoisotopic (exact) mass is 281 g/mol. The Bertz CT molecular complexity index is 749. The van der Waals surface area contributed by atoms with Gasteiger partial charge in [0.2, 0.25) is 0 Å². The molecular weight excluding hydrogens is 262 g/mol. The summed E-state index contributed by atoms with van der Waals surface area (Å²) in [4.78, 5) is 4.83. The van der Waals surface area contributed by atoms with Gasteiger partial charge in [-0.15, -0.1) is 0 Å². The molecule has 3 rings (SSSR count). The zero-order valence-corrected chi connectivity index (χ0v) is 12.3. The molecule has 2 aromatic heterocycles. The predicted molar refractivity (Wildman–Crippen MR) is 84.6 cm³/mol. The molecule has 4 heteroatoms. The summed E-state index contributed by atoms with van der Waals surface area (Å²) in [6.07, 6.45) is 2.04. The molecule has 0 aliphatic heterocycles. The minimum Gasteiger partial charge on any atom is -0.496 e. The van der Waals surface area contributed by atoms with Crippen molar-refractivity contribution in [3.63, 3.8) is 0 Å². The number of para-hydroxylation sites is 1. The molecule has 2 heterocycles. The molecule has 21 heavy (non-hydrogen) atoms. The average Bonchev–Trinajstić information content (AvgIpc) is 2.91. The maximum Gasteiger partial charge on any atom is 0.148 e. The van der Waals surface area contributed by atoms with Gasteiger partial charge in [-0.3, -0.25) is 4.40 Å². The van der Waals surface area contributed by atoms with E-state index in [0.717, 1.165) is 41.4 Å². The largest absolute Gasteiger partial charge is 0.496 e. The second-order valence-electron chi connectivity index (χ2n) is 4.82. The van der Waals surface area contributed by atoms with Crippen molar-refractivity contribution in [2.45, 2.75) is 13.5 Å². The topological polar surface area (TPSA) is 38.6 Å². The number of nitrogens with zero attached hydrogens (tertiary/aromatic N) is 2. The fourth-order valence-corrected chi connectivity index (χ4v) is 2.49. The first-order chi connectivity index (χ1) is 10.3. The summed E-state index contributed by atoms with van der Waals surface area (Å²) < 4.78 is 7.59. The number of hydrogen-bond acceptors (Lipinski definition) is 3. The van der Waals surface area contributed by atoms with Gasteiger partial charge in [0.05, 0.1) is 23.9 Å². The Morgan fingerprint density at radius 3 is 2.76 bits per heavy atom. The van der Waals surface area contributed by atoms with E-state index < -0.39 is 0 Å². The van der Waals surface area contributed by atoms with Crippen LogP contribution in [0.15, 0.2) is 48.7 Å². The molecule has 0 fully saturated rings. The Morgan fingerprint density at radius 2 is 1.95 bits per heavy atom. The van der Waals surface area contributed by atoms with Crippen molar-refractivity contribution in [2.75, 3.05) is 13.7 Å². The van der Waals surface area contributed by atoms with Crippen LogP contribution >= 0.6 is 0 Å². The number of hydrogen-bond donors (Lipinski definition) is 1. The van der Waals surface area contributed by atoms with Crippen LogP contribution in [0.25, 0.3) is 16.9 Å². The SMILES string of the molecule is CCNCc1nc(-c2ccccc2OC)n2ccccc12. The van der Waals surface area contributed by atoms with Gasteiger partial charge in [-0.05, 0) is 30.8 Å². The van der Waals surface area contributed by atoms with E-state index in [1.165, 1.54) is 0 Å². The molecule has 0 bridgehead atoms. The summed E-state index contributed by atoms with van der Waals surface area (Å²) in [7, 11) is 1.69. The Kier molecular flexibility index (Phi) is 3.88. The van der Waals surface area contributed by atoms with Crippen molar-refractivity contribution in [3.05, 3.63) is 54.4 Å². The summed E-state index contributed by atoms with van der Waals surface area (Å²) in [5, 5.41) is 3.34. The minimum atomic E-state index is 0.763. The number of aromatic nitrogens is 2. The van der Waals surface area contributed by atoms with E-state index in [-0.39, 0.29) is 0 Å². The van der Waals surface area contributed by atoms with E-state index in [0.29, 0.717) is 0 Å². The van der Waals surface area contributed by atoms with Gasteiger partial charge in [0, 0.05) is 12.7 Å². The average molecular weight is 281 g/mol. The highest BCUT2D eigenvalue weighted by Gasteiger charge is 2.14. The lowest BCUT2D eigenvalue weighted by Gasteiger charge is -2.06. The zero-order valence-electron chi connectivity index (χ0n) is 12.3. The van der Waals surface area contributed by atoms with Crippen molar-refractivity contribution in [1.29, 1.82) is 0 Å². The molecule has 4 nitrogen and oxygen atoms in total. The van der Waals surface area contributed by atoms with Gasteiger partial charge in [0.1, 0.15) is 11.6 Å². The molecule has 0 aliphatic carbocycles. The summed E-state index contributed by atoms with van der Waals surface area (Å²) in [6.45, 7) is 3.79. The third-order valence-electron chi connectivity index (χ3n) is 3.51. The number of methoxy groups -OCH3 is 1. The quantitative estimate of drug-likeness (QED) is 0.781. The molecule has 0 unspecified atom stereocenters. The Morgan fingerprint density at radius 1 is 1.14 bits per heavy atom. The van der Waals surface area contributed by atoms with E-state index in [9.17, 15) is 0 Å². The number of fused-ring (bicyclic) bond motifs is 1. The van der Waals surface area contributed by atoms with E-state index in [2.05, 4.69) is 22.7 Å². The van der Waals surface area contributed by atoms with Crippen LogP contribution in [0.5, 0.6) is 5.75 Å². The predicted octanol–water partition coefficient (Wildman–Crippen LogP) is 3.12. The second kappa shape index (κ2) is 5.97. The van der Waals surface area contributed by atoms with Crippen LogP contribution in [0.4, 0.5) is 0 Å². The lowest BCUT2D eigenvalue weighted by atomic mass is 10.2. The van der Waals surface area contributed by atoms with E-state index >= 15 is 0 Å². The standard InChI is InChI=1S/C17H19N3O/c1-3-18-12-14-15-9-6-7-11-20(15)17(19-14)13-8-4-5-10-16(13)21-2/h4-11,18H,3,12H2,1-2H3. The van der Waals surface area contributed by atoms with E-state index in [4.69, 9.17) is 9.72 Å². The van der Waals surface area contributed by atoms with Crippen LogP contribution in [-0.4, -0.2) is 23.0 Å². The number of rotatable bonds is 5. The first-order valence-electron chi connectivity index (χ1n) is 7.15. The van der Waals surface area contributed by atoms with Gasteiger partial charge in [0.25, 0.3) is 0 Å². The molecule has 0 spiro atoms. The van der Waals surface area contributed by atoms with Gasteiger partial charge in [-0.25, -0.2) is 4.98 Å². The van der Waals surface area contributed by atoms with Crippen LogP contribution in [-0.2, 0) is 6.54 Å². The third-order valence-corrected chi connectivity index (χ3v) is 3.51. The molecule has 0 saturated heterocycles. The molecule has 1 aromatic carbocycles. The molecule has 0 aliphatic rings. The number of nitrogens with one attached hydrogen (secondary N) is 1. The van der Waals surface area contributed by atoms with Crippen molar-refractivity contribution in [2.24, 2.45) is 0 Å². The lowest BCUT2D eigenvalue weighted by Crippen LogP contribution is -2.12. The molecule has 0 saturated carbocycles. The Hall–Kier alpha value is -2.33. The van der Waals surface area contributed by atoms with Gasteiger partial charge in [0.15, 0.2) is 0 Å². The van der Waals surface area contributed by atoms with Gasteiger partial charge < -0.3 is 10.1 Å². The molecular formula is C17H19N3O. The van der Waals surface area contributed by atoms with Gasteiger partial charge >= 0.3 is 0 Å². The van der Waals surface area contributed by atoms with Crippen LogP contribution in [0, 0.1) is 0 Å². The fourth-order valence-electron chi connectivity index (χ4n) is 2.49. The first-order valence-corrected chi connectivity index (χ1v) is 7.15. The first kappa shape index (κ1) is 13.6. The lowest BCUT2D eigenvalue weighted by molar-refractivity contribution is 0.416. The van der Waals surface area contributed by atoms with Crippen molar-refractivity contribution in [1.82, 2.24) is 14.7 Å². The minimum absolute atomic E-state index is 0.763. The highest BCUT2D eigenvalue weighted by atomic mass is 16.5. The molecule has 0 atom stereocenters. The van der Waals surface area contributed by atoms with Crippen molar-refractivity contribution in [3.8, 4) is 17.1 Å². The third kappa shape index (κ3) is 2.50. The normalized spacial score (nSPS) is 11.0. The zero-order chi connectivity index (χ0) is 14.7. The van der Waals surface area contributed by atoms with Gasteiger partial charge in [-0.1, -0.05) is 25.1 Å². The summed E-state index contributed by atoms with van der Waals surface area (Å²) in [5.74, 6) is 1.75. The maximum absolute atomic E-state index is 5.47. The highest BCUT2D eigenvalue weighted by Crippen LogP contribution is 2.30. The molecule has 1 N–H and O–H groups in total. The summed E-state index contributed by atoms with van der Waals surface area (Å²) in [6, 6.07) is 14.1. The fraction of sp³-hybridized carbons (Fsp3) is 0.235. The van der Waals surface area contributed by atoms with Gasteiger partial charge in [-0.2, -0.15) is 0 Å². The number of imidazole rings is 1. The van der Waals surface area contributed by atoms with Crippen LogP contribution in [0.2, 0.25) is 0 Å². The van der Waals surface area contributed by atoms with Crippen LogP contribution in [0.3, 0.4) is 0 Å². The number of ether oxygens (including phenoxy) is 1. The number of pyridine rings is 1. The number of benzene rings is 1. The van der Waals surface area contributed by atoms with Crippen LogP contribution < -0.4 is 10.1 Å². The molecule has 3 aromatic rings. The summed E-state index contributed by atoms with van der Waals surface area (Å²) >= 11 is 0. The van der Waals surface area contributed by atoms with E-state index in [1.807, 2.05) is 42.6 Å². The molecule has 0 amide bonds. The Labute approximate surface area is 124 Å². The second-order valence-corrected chi connectivity index (χ2v) is 4.82. The van der Waals surface area contributed by atoms with Crippen molar-refractivity contribution < 1.29 is 4.74 Å². The smallest absolute Gasteiger partial charge is 0.148 e. The maximum atomic E-state index is 5.47. The van der Waals surface area contributed by atoms with Crippen molar-refractivity contribution >= 4 is 5.52 Å². The van der Waals surface area contributed by atoms with E-state index in [1.54, 1.807) is 7.11 Å². The highest BCUT2D eigenvalue weighted by molar-refractivity contribution is 5.70.